The van der Waals surface area contributed by atoms with E-state index in [9.17, 15) is 18.0 Å². The highest BCUT2D eigenvalue weighted by molar-refractivity contribution is 7.13. The molecule has 1 saturated carbocycles. The summed E-state index contributed by atoms with van der Waals surface area (Å²) in [5.74, 6) is 0.997. The Morgan fingerprint density at radius 1 is 1.05 bits per heavy atom. The zero-order chi connectivity index (χ0) is 27.9. The van der Waals surface area contributed by atoms with Gasteiger partial charge in [0, 0.05) is 11.5 Å². The van der Waals surface area contributed by atoms with Gasteiger partial charge in [-0.25, -0.2) is 4.79 Å². The van der Waals surface area contributed by atoms with Crippen LogP contribution in [-0.2, 0) is 6.61 Å². The van der Waals surface area contributed by atoms with E-state index in [1.807, 2.05) is 24.3 Å². The second-order valence-corrected chi connectivity index (χ2v) is 9.88. The number of ether oxygens (including phenoxy) is 3. The lowest BCUT2D eigenvalue weighted by Crippen LogP contribution is -2.17. The molecule has 0 bridgehead atoms. The van der Waals surface area contributed by atoms with Crippen molar-refractivity contribution in [2.75, 3.05) is 0 Å². The van der Waals surface area contributed by atoms with Crippen LogP contribution >= 0.6 is 11.5 Å². The molecule has 0 radical (unpaired) electrons. The van der Waals surface area contributed by atoms with Crippen molar-refractivity contribution in [3.05, 3.63) is 78.1 Å². The molecular weight excluding hydrogens is 549 g/mol. The summed E-state index contributed by atoms with van der Waals surface area (Å²) in [4.78, 5) is 10.8. The van der Waals surface area contributed by atoms with Crippen molar-refractivity contribution in [3.8, 4) is 39.8 Å². The van der Waals surface area contributed by atoms with Crippen molar-refractivity contribution >= 4 is 27.8 Å². The van der Waals surface area contributed by atoms with Crippen LogP contribution < -0.4 is 14.2 Å². The highest BCUT2D eigenvalue weighted by Crippen LogP contribution is 2.45. The van der Waals surface area contributed by atoms with Crippen LogP contribution in [0, 0.1) is 0 Å². The normalized spacial score (nSPS) is 13.4. The maximum atomic E-state index is 13.0. The Bertz CT molecular complexity index is 1690. The minimum atomic E-state index is -4.85. The molecule has 1 aliphatic rings. The van der Waals surface area contributed by atoms with E-state index in [1.54, 1.807) is 24.3 Å². The standard InChI is InChI=1S/C28H19F3N2O6S/c29-28(30,31)38-22-4-2-1-3-19(22)24-21(25(39-32-24)16-5-6-16)14-36-18-10-7-15(8-11-18)17-9-12-20-23(13-17)40-33-26(20)37-27(34)35/h1-4,7-13,16H,5-6,14H2,(H,34,35). The van der Waals surface area contributed by atoms with Crippen molar-refractivity contribution in [2.24, 2.45) is 0 Å². The average Bonchev–Trinajstić information content (AvgIpc) is 3.56. The molecule has 12 heteroatoms. The van der Waals surface area contributed by atoms with Crippen LogP contribution in [0.3, 0.4) is 0 Å². The molecule has 8 nitrogen and oxygen atoms in total. The fourth-order valence-electron chi connectivity index (χ4n) is 4.36. The second kappa shape index (κ2) is 10.2. The number of rotatable bonds is 8. The zero-order valence-corrected chi connectivity index (χ0v) is 21.3. The molecule has 2 heterocycles. The molecule has 0 amide bonds. The summed E-state index contributed by atoms with van der Waals surface area (Å²) in [5.41, 5.74) is 2.79. The van der Waals surface area contributed by atoms with E-state index in [2.05, 4.69) is 14.3 Å². The van der Waals surface area contributed by atoms with Crippen LogP contribution in [0.1, 0.15) is 30.1 Å². The Hall–Kier alpha value is -4.58. The van der Waals surface area contributed by atoms with Crippen molar-refractivity contribution in [3.63, 3.8) is 0 Å². The predicted octanol–water partition coefficient (Wildman–Crippen LogP) is 8.03. The van der Waals surface area contributed by atoms with E-state index in [1.165, 1.54) is 18.2 Å². The van der Waals surface area contributed by atoms with Crippen LogP contribution in [0.15, 0.2) is 71.3 Å². The summed E-state index contributed by atoms with van der Waals surface area (Å²) in [6.45, 7) is 0.0452. The van der Waals surface area contributed by atoms with Gasteiger partial charge in [-0.05, 0) is 71.9 Å². The lowest BCUT2D eigenvalue weighted by molar-refractivity contribution is -0.274. The van der Waals surface area contributed by atoms with E-state index >= 15 is 0 Å². The summed E-state index contributed by atoms with van der Waals surface area (Å²) >= 11 is 1.14. The maximum Gasteiger partial charge on any atom is 0.573 e. The molecule has 3 aromatic carbocycles. The zero-order valence-electron chi connectivity index (χ0n) is 20.5. The first-order chi connectivity index (χ1) is 19.2. The van der Waals surface area contributed by atoms with Gasteiger partial charge in [0.2, 0.25) is 5.88 Å². The Labute approximate surface area is 228 Å². The number of carbonyl (C=O) groups is 1. The van der Waals surface area contributed by atoms with Gasteiger partial charge in [-0.15, -0.1) is 13.2 Å². The van der Waals surface area contributed by atoms with Gasteiger partial charge in [-0.3, -0.25) is 0 Å². The SMILES string of the molecule is O=C(O)Oc1nsc2cc(-c3ccc(OCc4c(-c5ccccc5OC(F)(F)F)noc4C4CC4)cc3)ccc12. The van der Waals surface area contributed by atoms with E-state index in [-0.39, 0.29) is 35.4 Å². The molecule has 6 rings (SSSR count). The number of para-hydroxylation sites is 1. The Morgan fingerprint density at radius 2 is 1.80 bits per heavy atom. The first-order valence-electron chi connectivity index (χ1n) is 12.1. The van der Waals surface area contributed by atoms with Crippen molar-refractivity contribution in [1.82, 2.24) is 9.53 Å². The van der Waals surface area contributed by atoms with E-state index in [0.29, 0.717) is 22.5 Å². The van der Waals surface area contributed by atoms with Gasteiger partial charge in [0.1, 0.15) is 29.6 Å². The molecule has 1 N–H and O–H groups in total. The fourth-order valence-corrected chi connectivity index (χ4v) is 5.11. The number of nitrogens with zero attached hydrogens (tertiary/aromatic N) is 2. The number of hydrogen-bond acceptors (Lipinski definition) is 8. The number of fused-ring (bicyclic) bond motifs is 1. The van der Waals surface area contributed by atoms with Crippen LogP contribution in [-0.4, -0.2) is 27.2 Å². The van der Waals surface area contributed by atoms with Gasteiger partial charge < -0.3 is 23.8 Å². The van der Waals surface area contributed by atoms with Gasteiger partial charge in [0.25, 0.3) is 0 Å². The van der Waals surface area contributed by atoms with Gasteiger partial charge in [-0.1, -0.05) is 35.5 Å². The number of hydrogen-bond donors (Lipinski definition) is 1. The first kappa shape index (κ1) is 25.7. The van der Waals surface area contributed by atoms with Gasteiger partial charge in [0.15, 0.2) is 0 Å². The van der Waals surface area contributed by atoms with Crippen molar-refractivity contribution in [1.29, 1.82) is 0 Å². The van der Waals surface area contributed by atoms with E-state index < -0.39 is 12.5 Å². The van der Waals surface area contributed by atoms with E-state index in [4.69, 9.17) is 19.1 Å². The highest BCUT2D eigenvalue weighted by Gasteiger charge is 2.35. The van der Waals surface area contributed by atoms with Crippen LogP contribution in [0.5, 0.6) is 17.4 Å². The number of alkyl halides is 3. The quantitative estimate of drug-likeness (QED) is 0.188. The summed E-state index contributed by atoms with van der Waals surface area (Å²) in [7, 11) is 0. The number of benzene rings is 3. The molecule has 1 aliphatic carbocycles. The molecule has 0 aliphatic heterocycles. The average molecular weight is 569 g/mol. The number of carboxylic acid groups (broad SMARTS) is 1. The molecule has 2 aromatic heterocycles. The first-order valence-corrected chi connectivity index (χ1v) is 12.9. The molecule has 204 valence electrons. The molecule has 1 fully saturated rings. The topological polar surface area (TPSA) is 104 Å². The second-order valence-electron chi connectivity index (χ2n) is 9.07. The summed E-state index contributed by atoms with van der Waals surface area (Å²) in [6.07, 6.45) is -4.46. The summed E-state index contributed by atoms with van der Waals surface area (Å²) in [5, 5.41) is 13.6. The minimum Gasteiger partial charge on any atom is -0.489 e. The van der Waals surface area contributed by atoms with Crippen LogP contribution in [0.25, 0.3) is 32.5 Å². The molecule has 0 unspecified atom stereocenters. The molecular formula is C28H19F3N2O6S. The van der Waals surface area contributed by atoms with Crippen LogP contribution in [0.4, 0.5) is 18.0 Å². The van der Waals surface area contributed by atoms with Crippen LogP contribution in [0.2, 0.25) is 0 Å². The smallest absolute Gasteiger partial charge is 0.489 e. The van der Waals surface area contributed by atoms with Gasteiger partial charge >= 0.3 is 12.5 Å². The summed E-state index contributed by atoms with van der Waals surface area (Å²) < 4.78 is 64.4. The van der Waals surface area contributed by atoms with Crippen molar-refractivity contribution in [2.45, 2.75) is 31.7 Å². The highest BCUT2D eigenvalue weighted by atomic mass is 32.1. The predicted molar refractivity (Wildman–Crippen MR) is 139 cm³/mol. The third kappa shape index (κ3) is 5.43. The third-order valence-corrected chi connectivity index (χ3v) is 7.12. The molecule has 0 spiro atoms. The third-order valence-electron chi connectivity index (χ3n) is 6.33. The Morgan fingerprint density at radius 3 is 2.52 bits per heavy atom. The lowest BCUT2D eigenvalue weighted by atomic mass is 10.0. The minimum absolute atomic E-state index is 0.0452. The monoisotopic (exact) mass is 568 g/mol. The summed E-state index contributed by atoms with van der Waals surface area (Å²) in [6, 6.07) is 18.6. The maximum absolute atomic E-state index is 13.0. The fraction of sp³-hybridized carbons (Fsp3) is 0.179. The van der Waals surface area contributed by atoms with Gasteiger partial charge in [0.05, 0.1) is 15.6 Å². The van der Waals surface area contributed by atoms with Crippen molar-refractivity contribution < 1.29 is 41.8 Å². The lowest BCUT2D eigenvalue weighted by Gasteiger charge is -2.13. The molecule has 5 aromatic rings. The molecule has 40 heavy (non-hydrogen) atoms. The molecule has 0 saturated heterocycles. The van der Waals surface area contributed by atoms with E-state index in [0.717, 1.165) is 40.2 Å². The Balaban J connectivity index is 1.22. The Kier molecular flexibility index (Phi) is 6.54. The molecule has 0 atom stereocenters. The van der Waals surface area contributed by atoms with Gasteiger partial charge in [-0.2, -0.15) is 4.37 Å². The number of aromatic nitrogens is 2. The largest absolute Gasteiger partial charge is 0.573 e. The number of halogens is 3.